The van der Waals surface area contributed by atoms with Gasteiger partial charge in [0.2, 0.25) is 0 Å². The van der Waals surface area contributed by atoms with Gasteiger partial charge in [-0.05, 0) is 128 Å². The van der Waals surface area contributed by atoms with Crippen molar-refractivity contribution in [1.29, 1.82) is 0 Å². The number of esters is 2. The molecule has 0 saturated heterocycles. The van der Waals surface area contributed by atoms with Gasteiger partial charge in [-0.2, -0.15) is 0 Å². The molecule has 0 aromatic heterocycles. The van der Waals surface area contributed by atoms with Gasteiger partial charge < -0.3 is 18.9 Å². The fourth-order valence-electron chi connectivity index (χ4n) is 7.42. The molecular weight excluding hydrogens is 1040 g/mol. The second-order valence-corrected chi connectivity index (χ2v) is 22.4. The fourth-order valence-corrected chi connectivity index (χ4v) is 8.16. The number of hydrogen-bond donors (Lipinski definition) is 1. The Hall–Kier alpha value is -5.15. The summed E-state index contributed by atoms with van der Waals surface area (Å²) in [5.41, 5.74) is 0. The van der Waals surface area contributed by atoms with Crippen LogP contribution in [0, 0.1) is 0 Å². The number of phosphoric acid groups is 1. The van der Waals surface area contributed by atoms with Gasteiger partial charge in [0.15, 0.2) is 6.10 Å². The van der Waals surface area contributed by atoms with Crippen molar-refractivity contribution in [2.45, 2.75) is 200 Å². The number of hydrogen-bond acceptors (Lipinski definition) is 7. The highest BCUT2D eigenvalue weighted by molar-refractivity contribution is 7.47. The molecule has 1 N–H and O–H groups in total. The zero-order valence-electron chi connectivity index (χ0n) is 51.9. The first-order chi connectivity index (χ1) is 40.0. The summed E-state index contributed by atoms with van der Waals surface area (Å²) >= 11 is 0. The molecule has 0 amide bonds. The number of carbonyl (C=O) groups excluding carboxylic acids is 2. The molecule has 458 valence electrons. The molecule has 0 radical (unpaired) electrons. The lowest BCUT2D eigenvalue weighted by atomic mass is 10.1. The molecule has 2 unspecified atom stereocenters. The summed E-state index contributed by atoms with van der Waals surface area (Å²) in [6, 6.07) is 0. The van der Waals surface area contributed by atoms with E-state index < -0.39 is 32.5 Å². The highest BCUT2D eigenvalue weighted by Crippen LogP contribution is 2.43. The van der Waals surface area contributed by atoms with Crippen LogP contribution in [0.4, 0.5) is 0 Å². The summed E-state index contributed by atoms with van der Waals surface area (Å²) in [5.74, 6) is -0.923. The van der Waals surface area contributed by atoms with Crippen LogP contribution in [0.2, 0.25) is 0 Å². The van der Waals surface area contributed by atoms with Crippen molar-refractivity contribution in [2.75, 3.05) is 47.5 Å². The number of ether oxygens (including phenoxy) is 2. The second-order valence-electron chi connectivity index (χ2n) is 21.0. The normalized spacial score (nSPS) is 14.6. The maximum absolute atomic E-state index is 12.8. The first kappa shape index (κ1) is 76.9. The smallest absolute Gasteiger partial charge is 0.462 e. The van der Waals surface area contributed by atoms with Crippen LogP contribution in [-0.2, 0) is 32.7 Å². The average molecular weight is 1150 g/mol. The summed E-state index contributed by atoms with van der Waals surface area (Å²) in [4.78, 5) is 35.7. The Balaban J connectivity index is 4.24. The lowest BCUT2D eigenvalue weighted by Gasteiger charge is -2.24. The molecule has 0 fully saturated rings. The van der Waals surface area contributed by atoms with Crippen molar-refractivity contribution >= 4 is 19.8 Å². The van der Waals surface area contributed by atoms with Crippen LogP contribution in [-0.4, -0.2) is 74.9 Å². The van der Waals surface area contributed by atoms with Gasteiger partial charge >= 0.3 is 19.8 Å². The molecular formula is C72H113NO8P+. The Morgan fingerprint density at radius 3 is 1.02 bits per heavy atom. The van der Waals surface area contributed by atoms with E-state index in [1.54, 1.807) is 0 Å². The average Bonchev–Trinajstić information content (AvgIpc) is 3.46. The lowest BCUT2D eigenvalue weighted by Crippen LogP contribution is -2.37. The molecule has 0 aromatic carbocycles. The van der Waals surface area contributed by atoms with E-state index in [1.807, 2.05) is 33.3 Å². The van der Waals surface area contributed by atoms with E-state index in [9.17, 15) is 19.0 Å². The molecule has 0 spiro atoms. The van der Waals surface area contributed by atoms with Gasteiger partial charge in [0.05, 0.1) is 27.7 Å². The molecule has 0 rings (SSSR count). The van der Waals surface area contributed by atoms with Gasteiger partial charge in [-0.15, -0.1) is 0 Å². The van der Waals surface area contributed by atoms with Crippen molar-refractivity contribution in [2.24, 2.45) is 0 Å². The number of quaternary nitrogens is 1. The largest absolute Gasteiger partial charge is 0.472 e. The molecule has 0 heterocycles. The molecule has 0 bridgehead atoms. The molecule has 82 heavy (non-hydrogen) atoms. The number of unbranched alkanes of at least 4 members (excludes halogenated alkanes) is 8. The number of phosphoric ester groups is 1. The quantitative estimate of drug-likeness (QED) is 0.0211. The second kappa shape index (κ2) is 60.4. The SMILES string of the molecule is CC/C=C\C/C=C\C/C=C\C/C=C\C/C=C\C/C=C\C/C=C\C/C=C\C/C=C\C/C=C\CCCCCCCCCCC(=O)OC(COC(=O)CC/C=C\C/C=C\C/C=C\C/C=C\C/C=C\C/C=C\CC)COP(=O)(O)OCC[N+](C)(C)C. The minimum Gasteiger partial charge on any atom is -0.462 e. The summed E-state index contributed by atoms with van der Waals surface area (Å²) in [5, 5.41) is 0. The van der Waals surface area contributed by atoms with Gasteiger partial charge in [0.1, 0.15) is 19.8 Å². The molecule has 0 aliphatic heterocycles. The lowest BCUT2D eigenvalue weighted by molar-refractivity contribution is -0.870. The summed E-state index contributed by atoms with van der Waals surface area (Å²) in [6.07, 6.45) is 95.3. The third-order valence-electron chi connectivity index (χ3n) is 12.1. The van der Waals surface area contributed by atoms with Gasteiger partial charge in [-0.3, -0.25) is 18.6 Å². The van der Waals surface area contributed by atoms with E-state index in [2.05, 4.69) is 196 Å². The maximum atomic E-state index is 12.8. The zero-order valence-corrected chi connectivity index (χ0v) is 52.8. The molecule has 10 heteroatoms. The Labute approximate surface area is 501 Å². The Morgan fingerprint density at radius 1 is 0.378 bits per heavy atom. The number of nitrogens with zero attached hydrogens (tertiary/aromatic N) is 1. The first-order valence-electron chi connectivity index (χ1n) is 31.2. The van der Waals surface area contributed by atoms with Crippen molar-refractivity contribution in [3.63, 3.8) is 0 Å². The van der Waals surface area contributed by atoms with Crippen LogP contribution in [0.1, 0.15) is 194 Å². The van der Waals surface area contributed by atoms with Gasteiger partial charge in [0.25, 0.3) is 0 Å². The first-order valence-corrected chi connectivity index (χ1v) is 32.7. The Kier molecular flexibility index (Phi) is 56.6. The van der Waals surface area contributed by atoms with E-state index in [4.69, 9.17) is 18.5 Å². The highest BCUT2D eigenvalue weighted by Gasteiger charge is 2.27. The van der Waals surface area contributed by atoms with E-state index in [0.717, 1.165) is 128 Å². The predicted molar refractivity (Wildman–Crippen MR) is 352 cm³/mol. The summed E-state index contributed by atoms with van der Waals surface area (Å²) in [6.45, 7) is 4.07. The summed E-state index contributed by atoms with van der Waals surface area (Å²) < 4.78 is 34.5. The Morgan fingerprint density at radius 2 is 0.683 bits per heavy atom. The third-order valence-corrected chi connectivity index (χ3v) is 13.1. The van der Waals surface area contributed by atoms with Gasteiger partial charge in [-0.1, -0.05) is 247 Å². The van der Waals surface area contributed by atoms with Crippen LogP contribution in [0.15, 0.2) is 194 Å². The summed E-state index contributed by atoms with van der Waals surface area (Å²) in [7, 11) is 1.40. The van der Waals surface area contributed by atoms with Crippen LogP contribution in [0.3, 0.4) is 0 Å². The van der Waals surface area contributed by atoms with Gasteiger partial charge in [-0.25, -0.2) is 4.57 Å². The van der Waals surface area contributed by atoms with Crippen molar-refractivity contribution in [3.05, 3.63) is 194 Å². The van der Waals surface area contributed by atoms with E-state index in [0.29, 0.717) is 23.9 Å². The number of carbonyl (C=O) groups is 2. The molecule has 9 nitrogen and oxygen atoms in total. The minimum absolute atomic E-state index is 0.00741. The number of likely N-dealkylation sites (N-methyl/N-ethyl adjacent to an activating group) is 1. The van der Waals surface area contributed by atoms with Crippen LogP contribution in [0.5, 0.6) is 0 Å². The fraction of sp³-hybridized carbons (Fsp3) is 0.528. The molecule has 2 atom stereocenters. The van der Waals surface area contributed by atoms with E-state index in [-0.39, 0.29) is 26.1 Å². The van der Waals surface area contributed by atoms with E-state index >= 15 is 0 Å². The number of rotatable bonds is 54. The molecule has 0 aliphatic carbocycles. The van der Waals surface area contributed by atoms with Gasteiger partial charge in [0, 0.05) is 12.8 Å². The van der Waals surface area contributed by atoms with E-state index in [1.165, 1.54) is 25.7 Å². The zero-order chi connectivity index (χ0) is 59.8. The predicted octanol–water partition coefficient (Wildman–Crippen LogP) is 20.1. The standard InChI is InChI=1S/C72H112NO8P/c1-6-8-10-12-14-16-18-20-22-24-26-27-28-29-30-31-32-33-34-35-36-37-38-39-40-41-42-43-44-45-47-49-51-53-55-57-59-61-63-65-72(75)81-70(69-80-82(76,77)79-67-66-73(3,4)5)68-78-71(74)64-62-60-58-56-54-52-50-48-46-25-23-21-19-17-15-13-11-9-7-2/h8-11,14-17,20-23,26-27,29-30,32-33,35-36,38-39,41-42,44-46,48,52,54,58,60,70H,6-7,12-13,18-19,24-25,28,31,34,37,40,43,47,49-51,53,55-57,59,61-69H2,1-5H3/p+1/b10-8-,11-9-,16-14-,17-15-,22-20-,23-21-,27-26-,30-29-,33-32-,36-35-,39-38-,42-41-,45-44-,48-46-,54-52-,60-58-. The van der Waals surface area contributed by atoms with Crippen LogP contribution in [0.25, 0.3) is 0 Å². The van der Waals surface area contributed by atoms with Crippen molar-refractivity contribution in [3.8, 4) is 0 Å². The van der Waals surface area contributed by atoms with Crippen LogP contribution >= 0.6 is 7.82 Å². The molecule has 0 aromatic rings. The number of allylic oxidation sites excluding steroid dienone is 32. The van der Waals surface area contributed by atoms with Crippen molar-refractivity contribution < 1.29 is 42.1 Å². The highest BCUT2D eigenvalue weighted by atomic mass is 31.2. The molecule has 0 saturated carbocycles. The third kappa shape index (κ3) is 64.0. The Bertz CT molecular complexity index is 2080. The molecule has 0 aliphatic rings. The van der Waals surface area contributed by atoms with Crippen LogP contribution < -0.4 is 0 Å². The topological polar surface area (TPSA) is 108 Å². The maximum Gasteiger partial charge on any atom is 0.472 e. The minimum atomic E-state index is -4.42. The van der Waals surface area contributed by atoms with Crippen molar-refractivity contribution in [1.82, 2.24) is 0 Å². The monoisotopic (exact) mass is 1150 g/mol.